The van der Waals surface area contributed by atoms with Crippen molar-refractivity contribution in [2.75, 3.05) is 0 Å². The van der Waals surface area contributed by atoms with Crippen LogP contribution >= 0.6 is 0 Å². The van der Waals surface area contributed by atoms with Crippen molar-refractivity contribution in [3.8, 4) is 16.8 Å². The fourth-order valence-electron chi connectivity index (χ4n) is 7.32. The summed E-state index contributed by atoms with van der Waals surface area (Å²) in [4.78, 5) is 0. The Kier molecular flexibility index (Phi) is 3.89. The van der Waals surface area contributed by atoms with Crippen LogP contribution in [0.5, 0.6) is 0 Å². The summed E-state index contributed by atoms with van der Waals surface area (Å²) in [7, 11) is 0. The van der Waals surface area contributed by atoms with E-state index in [9.17, 15) is 0 Å². The second-order valence-corrected chi connectivity index (χ2v) is 11.3. The van der Waals surface area contributed by atoms with E-state index < -0.39 is 0 Å². The molecule has 1 aliphatic carbocycles. The quantitative estimate of drug-likeness (QED) is 0.220. The fraction of sp³-hybridized carbons (Fsp3) is 0.0811. The van der Waals surface area contributed by atoms with Gasteiger partial charge in [-0.2, -0.15) is 0 Å². The molecule has 0 unspecified atom stereocenters. The third-order valence-electron chi connectivity index (χ3n) is 8.96. The molecule has 0 fully saturated rings. The fourth-order valence-corrected chi connectivity index (χ4v) is 7.32. The van der Waals surface area contributed by atoms with E-state index in [2.05, 4.69) is 128 Å². The smallest absolute Gasteiger partial charge is 0.159 e. The predicted octanol–water partition coefficient (Wildman–Crippen LogP) is 10.1. The van der Waals surface area contributed by atoms with Crippen LogP contribution in [0.25, 0.3) is 71.3 Å². The van der Waals surface area contributed by atoms with E-state index in [0.29, 0.717) is 0 Å². The third-order valence-corrected chi connectivity index (χ3v) is 8.96. The van der Waals surface area contributed by atoms with Crippen LogP contribution in [0.1, 0.15) is 25.0 Å². The number of aromatic nitrogens is 1. The van der Waals surface area contributed by atoms with Crippen molar-refractivity contribution >= 4 is 54.5 Å². The van der Waals surface area contributed by atoms with E-state index in [0.717, 1.165) is 27.6 Å². The number of para-hydroxylation sites is 3. The van der Waals surface area contributed by atoms with E-state index in [1.807, 2.05) is 6.07 Å². The van der Waals surface area contributed by atoms with Crippen LogP contribution in [0, 0.1) is 0 Å². The highest BCUT2D eigenvalue weighted by Crippen LogP contribution is 2.53. The topological polar surface area (TPSA) is 18.1 Å². The van der Waals surface area contributed by atoms with Crippen LogP contribution < -0.4 is 0 Å². The van der Waals surface area contributed by atoms with Gasteiger partial charge in [-0.05, 0) is 57.3 Å². The molecule has 9 rings (SSSR count). The largest absolute Gasteiger partial charge is 0.454 e. The molecule has 0 N–H and O–H groups in total. The molecule has 0 aliphatic heterocycles. The lowest BCUT2D eigenvalue weighted by atomic mass is 9.79. The van der Waals surface area contributed by atoms with Gasteiger partial charge in [0, 0.05) is 27.0 Å². The minimum absolute atomic E-state index is 0.0956. The summed E-state index contributed by atoms with van der Waals surface area (Å²) in [5, 5.41) is 7.52. The molecule has 6 aromatic carbocycles. The average Bonchev–Trinajstić information content (AvgIpc) is 3.59. The van der Waals surface area contributed by atoms with Gasteiger partial charge in [-0.1, -0.05) is 105 Å². The summed E-state index contributed by atoms with van der Waals surface area (Å²) in [5.74, 6) is 0. The second kappa shape index (κ2) is 7.18. The Morgan fingerprint density at radius 2 is 1.31 bits per heavy atom. The lowest BCUT2D eigenvalue weighted by Gasteiger charge is -2.23. The Balaban J connectivity index is 1.48. The van der Waals surface area contributed by atoms with Gasteiger partial charge in [0.25, 0.3) is 0 Å². The first-order chi connectivity index (χ1) is 19.1. The molecule has 2 heterocycles. The van der Waals surface area contributed by atoms with Crippen LogP contribution in [0.4, 0.5) is 0 Å². The van der Waals surface area contributed by atoms with Gasteiger partial charge in [0.15, 0.2) is 5.58 Å². The Hall–Kier alpha value is -4.82. The first kappa shape index (κ1) is 21.2. The zero-order chi connectivity index (χ0) is 25.9. The van der Waals surface area contributed by atoms with Crippen molar-refractivity contribution in [2.24, 2.45) is 0 Å². The zero-order valence-electron chi connectivity index (χ0n) is 21.8. The highest BCUT2D eigenvalue weighted by atomic mass is 16.3. The van der Waals surface area contributed by atoms with E-state index in [1.54, 1.807) is 0 Å². The molecule has 2 aromatic heterocycles. The molecule has 0 saturated carbocycles. The highest BCUT2D eigenvalue weighted by molar-refractivity contribution is 6.24. The molecule has 184 valence electrons. The average molecular weight is 500 g/mol. The van der Waals surface area contributed by atoms with Gasteiger partial charge in [-0.15, -0.1) is 0 Å². The lowest BCUT2D eigenvalue weighted by Crippen LogP contribution is -2.15. The van der Waals surface area contributed by atoms with Crippen LogP contribution in [0.15, 0.2) is 120 Å². The van der Waals surface area contributed by atoms with Crippen LogP contribution in [0.2, 0.25) is 0 Å². The van der Waals surface area contributed by atoms with Crippen LogP contribution in [-0.2, 0) is 5.41 Å². The number of fused-ring (bicyclic) bond motifs is 12. The van der Waals surface area contributed by atoms with E-state index >= 15 is 0 Å². The van der Waals surface area contributed by atoms with Crippen molar-refractivity contribution in [3.05, 3.63) is 126 Å². The predicted molar refractivity (Wildman–Crippen MR) is 163 cm³/mol. The number of nitrogens with zero attached hydrogens (tertiary/aromatic N) is 1. The molecule has 0 amide bonds. The number of benzene rings is 6. The molecular weight excluding hydrogens is 474 g/mol. The lowest BCUT2D eigenvalue weighted by molar-refractivity contribution is 0.666. The Morgan fingerprint density at radius 1 is 0.564 bits per heavy atom. The molecule has 8 aromatic rings. The Morgan fingerprint density at radius 3 is 2.23 bits per heavy atom. The van der Waals surface area contributed by atoms with Gasteiger partial charge in [0.2, 0.25) is 0 Å². The van der Waals surface area contributed by atoms with Gasteiger partial charge >= 0.3 is 0 Å². The number of hydrogen-bond donors (Lipinski definition) is 0. The summed E-state index contributed by atoms with van der Waals surface area (Å²) >= 11 is 0. The maximum absolute atomic E-state index is 6.52. The minimum Gasteiger partial charge on any atom is -0.454 e. The van der Waals surface area contributed by atoms with Crippen LogP contribution in [0.3, 0.4) is 0 Å². The Labute approximate surface area is 225 Å². The maximum Gasteiger partial charge on any atom is 0.159 e. The summed E-state index contributed by atoms with van der Waals surface area (Å²) < 4.78 is 8.93. The molecule has 0 radical (unpaired) electrons. The minimum atomic E-state index is -0.0956. The highest BCUT2D eigenvalue weighted by Gasteiger charge is 2.37. The molecule has 0 bridgehead atoms. The van der Waals surface area contributed by atoms with E-state index in [4.69, 9.17) is 4.42 Å². The van der Waals surface area contributed by atoms with Gasteiger partial charge in [0.1, 0.15) is 5.58 Å². The van der Waals surface area contributed by atoms with Crippen molar-refractivity contribution in [1.82, 2.24) is 4.57 Å². The molecule has 0 saturated heterocycles. The monoisotopic (exact) mass is 499 g/mol. The van der Waals surface area contributed by atoms with Gasteiger partial charge in [-0.3, -0.25) is 0 Å². The summed E-state index contributed by atoms with van der Waals surface area (Å²) in [6.45, 7) is 4.76. The number of rotatable bonds is 1. The number of hydrogen-bond acceptors (Lipinski definition) is 1. The number of furan rings is 1. The normalized spacial score (nSPS) is 14.1. The Bertz CT molecular complexity index is 2310. The van der Waals surface area contributed by atoms with Crippen molar-refractivity contribution in [2.45, 2.75) is 19.3 Å². The van der Waals surface area contributed by atoms with Gasteiger partial charge < -0.3 is 8.98 Å². The van der Waals surface area contributed by atoms with Crippen molar-refractivity contribution < 1.29 is 4.42 Å². The van der Waals surface area contributed by atoms with Crippen molar-refractivity contribution in [3.63, 3.8) is 0 Å². The summed E-state index contributed by atoms with van der Waals surface area (Å²) in [5.41, 5.74) is 10.8. The first-order valence-electron chi connectivity index (χ1n) is 13.6. The molecule has 2 heteroatoms. The van der Waals surface area contributed by atoms with E-state index in [-0.39, 0.29) is 5.41 Å². The third kappa shape index (κ3) is 2.56. The molecular formula is C37H25NO. The van der Waals surface area contributed by atoms with Crippen molar-refractivity contribution in [1.29, 1.82) is 0 Å². The van der Waals surface area contributed by atoms with Gasteiger partial charge in [-0.25, -0.2) is 0 Å². The SMILES string of the molecule is CC1(C)c2ccccc2-c2ccc3ccc4c(c5ccccc5n4-c4cccc5c4oc4ccccc45)c3c21. The van der Waals surface area contributed by atoms with Gasteiger partial charge in [0.05, 0.1) is 16.7 Å². The van der Waals surface area contributed by atoms with E-state index in [1.165, 1.54) is 54.8 Å². The standard InChI is InChI=1S/C37H25NO/c1-37(2)28-14-6-3-10-23(28)25-20-18-22-19-21-30-34(33(22)35(25)37)27-12-4-7-15-29(27)38(30)31-16-9-13-26-24-11-5-8-17-32(24)39-36(26)31/h3-21H,1-2H3. The molecule has 39 heavy (non-hydrogen) atoms. The molecule has 1 aliphatic rings. The maximum atomic E-state index is 6.52. The summed E-state index contributed by atoms with van der Waals surface area (Å²) in [6.07, 6.45) is 0. The first-order valence-corrected chi connectivity index (χ1v) is 13.6. The zero-order valence-corrected chi connectivity index (χ0v) is 21.8. The van der Waals surface area contributed by atoms with Crippen LogP contribution in [-0.4, -0.2) is 4.57 Å². The summed E-state index contributed by atoms with van der Waals surface area (Å²) in [6, 6.07) is 41.8. The second-order valence-electron chi connectivity index (χ2n) is 11.3. The molecule has 0 spiro atoms. The molecule has 0 atom stereocenters. The molecule has 2 nitrogen and oxygen atoms in total.